The van der Waals surface area contributed by atoms with Gasteiger partial charge in [-0.25, -0.2) is 9.97 Å². The van der Waals surface area contributed by atoms with Crippen molar-refractivity contribution >= 4 is 51.6 Å². The zero-order chi connectivity index (χ0) is 14.1. The number of nitrogens with zero attached hydrogens (tertiary/aromatic N) is 3. The van der Waals surface area contributed by atoms with E-state index < -0.39 is 0 Å². The third-order valence-electron chi connectivity index (χ3n) is 3.00. The topological polar surface area (TPSA) is 58.1 Å². The van der Waals surface area contributed by atoms with Crippen LogP contribution in [0, 0.1) is 3.57 Å². The molecular formula is C13H10ClIN4O. The number of aromatic nitrogens is 2. The molecule has 0 saturated carbocycles. The number of anilines is 2. The van der Waals surface area contributed by atoms with Crippen molar-refractivity contribution in [1.82, 2.24) is 9.97 Å². The van der Waals surface area contributed by atoms with E-state index in [0.29, 0.717) is 17.5 Å². The third-order valence-corrected chi connectivity index (χ3v) is 3.93. The monoisotopic (exact) mass is 400 g/mol. The number of hydrogen-bond acceptors (Lipinski definition) is 4. The van der Waals surface area contributed by atoms with Crippen molar-refractivity contribution in [2.75, 3.05) is 16.8 Å². The average Bonchev–Trinajstić information content (AvgIpc) is 2.44. The van der Waals surface area contributed by atoms with E-state index >= 15 is 0 Å². The van der Waals surface area contributed by atoms with Gasteiger partial charge in [0, 0.05) is 21.5 Å². The molecule has 0 bridgehead atoms. The van der Waals surface area contributed by atoms with Gasteiger partial charge in [0.15, 0.2) is 5.82 Å². The van der Waals surface area contributed by atoms with Crippen LogP contribution in [0.5, 0.6) is 0 Å². The van der Waals surface area contributed by atoms with Gasteiger partial charge >= 0.3 is 0 Å². The van der Waals surface area contributed by atoms with E-state index in [1.165, 1.54) is 0 Å². The van der Waals surface area contributed by atoms with E-state index in [9.17, 15) is 4.79 Å². The number of fused-ring (bicyclic) bond motifs is 1. The second-order valence-electron chi connectivity index (χ2n) is 4.31. The summed E-state index contributed by atoms with van der Waals surface area (Å²) in [5.74, 6) is 0.700. The van der Waals surface area contributed by atoms with Gasteiger partial charge in [0.25, 0.3) is 0 Å². The number of pyridine rings is 2. The predicted molar refractivity (Wildman–Crippen MR) is 85.9 cm³/mol. The molecule has 3 heterocycles. The number of hydrogen-bond donors (Lipinski definition) is 1. The number of halogens is 2. The Bertz CT molecular complexity index is 679. The molecule has 20 heavy (non-hydrogen) atoms. The first-order chi connectivity index (χ1) is 9.65. The Balaban J connectivity index is 1.99. The van der Waals surface area contributed by atoms with E-state index in [1.54, 1.807) is 17.3 Å². The fourth-order valence-electron chi connectivity index (χ4n) is 2.04. The summed E-state index contributed by atoms with van der Waals surface area (Å²) >= 11 is 8.24. The Hall–Kier alpha value is -1.41. The summed E-state index contributed by atoms with van der Waals surface area (Å²) in [6.07, 6.45) is 3.39. The summed E-state index contributed by atoms with van der Waals surface area (Å²) in [6.45, 7) is 0.625. The Morgan fingerprint density at radius 3 is 3.10 bits per heavy atom. The molecule has 3 rings (SSSR count). The smallest absolute Gasteiger partial charge is 0.246 e. The number of carbonyl (C=O) groups excluding carboxylic acids is 1. The fraction of sp³-hybridized carbons (Fsp3) is 0.154. The summed E-state index contributed by atoms with van der Waals surface area (Å²) in [4.78, 5) is 22.2. The van der Waals surface area contributed by atoms with Crippen molar-refractivity contribution < 1.29 is 4.79 Å². The fourth-order valence-corrected chi connectivity index (χ4v) is 2.65. The molecule has 1 amide bonds. The normalized spacial score (nSPS) is 13.9. The van der Waals surface area contributed by atoms with Gasteiger partial charge in [0.05, 0.1) is 18.8 Å². The number of nitrogens with one attached hydrogen (secondary N) is 1. The molecule has 0 fully saturated rings. The molecular weight excluding hydrogens is 391 g/mol. The first-order valence-corrected chi connectivity index (χ1v) is 7.40. The van der Waals surface area contributed by atoms with Crippen LogP contribution in [0.15, 0.2) is 30.6 Å². The SMILES string of the molecule is O=C1CNc2ncc(I)cc2N1Cc1cccnc1Cl. The molecule has 7 heteroatoms. The van der Waals surface area contributed by atoms with Gasteiger partial charge in [-0.3, -0.25) is 4.79 Å². The van der Waals surface area contributed by atoms with Gasteiger partial charge in [-0.15, -0.1) is 0 Å². The Labute approximate surface area is 134 Å². The lowest BCUT2D eigenvalue weighted by Crippen LogP contribution is -2.39. The highest BCUT2D eigenvalue weighted by Gasteiger charge is 2.25. The van der Waals surface area contributed by atoms with Gasteiger partial charge in [-0.1, -0.05) is 17.7 Å². The van der Waals surface area contributed by atoms with E-state index in [4.69, 9.17) is 11.6 Å². The Morgan fingerprint density at radius 1 is 1.45 bits per heavy atom. The molecule has 0 aromatic carbocycles. The second-order valence-corrected chi connectivity index (χ2v) is 5.91. The van der Waals surface area contributed by atoms with E-state index in [0.717, 1.165) is 14.8 Å². The molecule has 5 nitrogen and oxygen atoms in total. The van der Waals surface area contributed by atoms with Gasteiger partial charge in [0.2, 0.25) is 5.91 Å². The van der Waals surface area contributed by atoms with Crippen LogP contribution < -0.4 is 10.2 Å². The van der Waals surface area contributed by atoms with Crippen molar-refractivity contribution in [2.24, 2.45) is 0 Å². The van der Waals surface area contributed by atoms with Crippen LogP contribution in [0.3, 0.4) is 0 Å². The maximum Gasteiger partial charge on any atom is 0.246 e. The highest BCUT2D eigenvalue weighted by Crippen LogP contribution is 2.30. The quantitative estimate of drug-likeness (QED) is 0.622. The lowest BCUT2D eigenvalue weighted by atomic mass is 10.2. The molecule has 0 saturated heterocycles. The summed E-state index contributed by atoms with van der Waals surface area (Å²) in [6, 6.07) is 5.60. The summed E-state index contributed by atoms with van der Waals surface area (Å²) in [5.41, 5.74) is 1.59. The highest BCUT2D eigenvalue weighted by atomic mass is 127. The van der Waals surface area contributed by atoms with Crippen LogP contribution in [0.2, 0.25) is 5.15 Å². The summed E-state index contributed by atoms with van der Waals surface area (Å²) in [5, 5.41) is 3.43. The average molecular weight is 401 g/mol. The molecule has 1 aliphatic heterocycles. The van der Waals surface area contributed by atoms with Crippen molar-refractivity contribution in [2.45, 2.75) is 6.54 Å². The third kappa shape index (κ3) is 2.57. The van der Waals surface area contributed by atoms with Crippen LogP contribution >= 0.6 is 34.2 Å². The van der Waals surface area contributed by atoms with Crippen LogP contribution in [-0.2, 0) is 11.3 Å². The van der Waals surface area contributed by atoms with Gasteiger partial charge in [0.1, 0.15) is 5.15 Å². The lowest BCUT2D eigenvalue weighted by Gasteiger charge is -2.29. The lowest BCUT2D eigenvalue weighted by molar-refractivity contribution is -0.117. The van der Waals surface area contributed by atoms with Crippen molar-refractivity contribution in [3.05, 3.63) is 44.9 Å². The zero-order valence-electron chi connectivity index (χ0n) is 10.3. The largest absolute Gasteiger partial charge is 0.359 e. The van der Waals surface area contributed by atoms with Crippen LogP contribution in [0.1, 0.15) is 5.56 Å². The Kier molecular flexibility index (Phi) is 3.75. The maximum atomic E-state index is 12.2. The maximum absolute atomic E-state index is 12.2. The molecule has 0 unspecified atom stereocenters. The standard InChI is InChI=1S/C13H10ClIN4O/c14-12-8(2-1-3-16-12)7-19-10-4-9(15)5-17-13(10)18-6-11(19)20/h1-5H,6-7H2,(H,17,18). The van der Waals surface area contributed by atoms with Gasteiger partial charge < -0.3 is 10.2 Å². The van der Waals surface area contributed by atoms with E-state index in [1.807, 2.05) is 18.2 Å². The predicted octanol–water partition coefficient (Wildman–Crippen LogP) is 2.69. The minimum atomic E-state index is -0.0128. The van der Waals surface area contributed by atoms with Crippen molar-refractivity contribution in [3.63, 3.8) is 0 Å². The number of rotatable bonds is 2. The van der Waals surface area contributed by atoms with Crippen molar-refractivity contribution in [3.8, 4) is 0 Å². The number of carbonyl (C=O) groups is 1. The minimum Gasteiger partial charge on any atom is -0.359 e. The molecule has 0 aliphatic carbocycles. The van der Waals surface area contributed by atoms with Crippen LogP contribution in [0.4, 0.5) is 11.5 Å². The molecule has 2 aromatic heterocycles. The molecule has 1 N–H and O–H groups in total. The van der Waals surface area contributed by atoms with Crippen LogP contribution in [-0.4, -0.2) is 22.4 Å². The molecule has 1 aliphatic rings. The second kappa shape index (κ2) is 5.53. The highest BCUT2D eigenvalue weighted by molar-refractivity contribution is 14.1. The number of amides is 1. The van der Waals surface area contributed by atoms with E-state index in [2.05, 4.69) is 37.9 Å². The first kappa shape index (κ1) is 13.6. The summed E-state index contributed by atoms with van der Waals surface area (Å²) in [7, 11) is 0. The van der Waals surface area contributed by atoms with Gasteiger partial charge in [-0.05, 0) is 34.7 Å². The van der Waals surface area contributed by atoms with E-state index in [-0.39, 0.29) is 12.5 Å². The zero-order valence-corrected chi connectivity index (χ0v) is 13.2. The molecule has 0 radical (unpaired) electrons. The Morgan fingerprint density at radius 2 is 2.30 bits per heavy atom. The molecule has 102 valence electrons. The summed E-state index contributed by atoms with van der Waals surface area (Å²) < 4.78 is 0.972. The van der Waals surface area contributed by atoms with Gasteiger partial charge in [-0.2, -0.15) is 0 Å². The molecule has 0 spiro atoms. The minimum absolute atomic E-state index is 0.0128. The molecule has 0 atom stereocenters. The van der Waals surface area contributed by atoms with Crippen molar-refractivity contribution in [1.29, 1.82) is 0 Å². The first-order valence-electron chi connectivity index (χ1n) is 5.94. The van der Waals surface area contributed by atoms with Crippen LogP contribution in [0.25, 0.3) is 0 Å². The molecule has 2 aromatic rings.